The van der Waals surface area contributed by atoms with Gasteiger partial charge in [0.05, 0.1) is 11.9 Å². The fourth-order valence-corrected chi connectivity index (χ4v) is 0.516. The molecule has 0 rings (SSSR count). The Morgan fingerprint density at radius 2 is 1.75 bits per heavy atom. The van der Waals surface area contributed by atoms with Crippen molar-refractivity contribution in [2.24, 2.45) is 11.5 Å². The Morgan fingerprint density at radius 3 is 1.75 bits per heavy atom. The van der Waals surface area contributed by atoms with Crippen molar-refractivity contribution in [1.82, 2.24) is 0 Å². The van der Waals surface area contributed by atoms with Crippen molar-refractivity contribution in [2.75, 3.05) is 5.75 Å². The minimum atomic E-state index is -2.39. The summed E-state index contributed by atoms with van der Waals surface area (Å²) in [7, 11) is -2.39. The number of rotatable bonds is 2. The van der Waals surface area contributed by atoms with E-state index in [1.165, 1.54) is 0 Å². The molecule has 0 atom stereocenters. The number of hydrogen-bond donors (Lipinski definition) is 3. The first kappa shape index (κ1) is 11.6. The molecule has 0 aromatic rings. The summed E-state index contributed by atoms with van der Waals surface area (Å²) in [5.74, 6) is -0.130. The normalized spacial score (nSPS) is 9.50. The Morgan fingerprint density at radius 1 is 1.38 bits per heavy atom. The summed E-state index contributed by atoms with van der Waals surface area (Å²) in [6.07, 6.45) is -0.721. The molecule has 0 aliphatic carbocycles. The maximum absolute atomic E-state index is 9.69. The molecule has 0 spiro atoms. The molecule has 0 bridgehead atoms. The molecule has 0 fully saturated rings. The van der Waals surface area contributed by atoms with E-state index in [1.54, 1.807) is 0 Å². The van der Waals surface area contributed by atoms with Gasteiger partial charge in [0, 0.05) is 0 Å². The van der Waals surface area contributed by atoms with Gasteiger partial charge in [-0.2, -0.15) is 0 Å². The third kappa shape index (κ3) is 9.98. The van der Waals surface area contributed by atoms with E-state index in [0.29, 0.717) is 0 Å². The third-order valence-electron chi connectivity index (χ3n) is 0.360. The van der Waals surface area contributed by atoms with Crippen LogP contribution in [0.15, 0.2) is 0 Å². The van der Waals surface area contributed by atoms with Crippen LogP contribution in [-0.2, 0) is 10.7 Å². The van der Waals surface area contributed by atoms with Crippen LogP contribution in [-0.4, -0.2) is 49.9 Å². The summed E-state index contributed by atoms with van der Waals surface area (Å²) >= 11 is 0. The minimum absolute atomic E-state index is 0. The van der Waals surface area contributed by atoms with Crippen LogP contribution in [0.25, 0.3) is 0 Å². The number of hydrogen-bond acceptors (Lipinski definition) is 4. The van der Waals surface area contributed by atoms with Gasteiger partial charge < -0.3 is 11.5 Å². The standard InChI is InChI=1S/C2H8N2O2S.Na.H/c3-2(4)1-7(5)6;;/h2,7H,1,3-4H2;;. The quantitative estimate of drug-likeness (QED) is 0.224. The van der Waals surface area contributed by atoms with E-state index >= 15 is 0 Å². The molecule has 46 valence electrons. The second-order valence-electron chi connectivity index (χ2n) is 1.18. The molecular weight excluding hydrogens is 139 g/mol. The average molecular weight is 148 g/mol. The van der Waals surface area contributed by atoms with Gasteiger partial charge >= 0.3 is 29.6 Å². The van der Waals surface area contributed by atoms with Crippen LogP contribution >= 0.6 is 0 Å². The van der Waals surface area contributed by atoms with Gasteiger partial charge in [-0.3, -0.25) is 0 Å². The first-order valence-electron chi connectivity index (χ1n) is 1.76. The van der Waals surface area contributed by atoms with Crippen LogP contribution in [0.1, 0.15) is 0 Å². The fourth-order valence-electron chi connectivity index (χ4n) is 0.172. The van der Waals surface area contributed by atoms with Crippen LogP contribution < -0.4 is 11.5 Å². The predicted octanol–water partition coefficient (Wildman–Crippen LogP) is -2.81. The molecular formula is C2H9N2NaO2S. The van der Waals surface area contributed by atoms with Gasteiger partial charge in [-0.25, -0.2) is 8.42 Å². The second-order valence-corrected chi connectivity index (χ2v) is 2.21. The molecule has 0 saturated carbocycles. The van der Waals surface area contributed by atoms with Crippen molar-refractivity contribution in [3.63, 3.8) is 0 Å². The van der Waals surface area contributed by atoms with Gasteiger partial charge in [-0.1, -0.05) is 0 Å². The molecule has 0 aliphatic heterocycles. The zero-order valence-electron chi connectivity index (χ0n) is 3.70. The second kappa shape index (κ2) is 6.00. The third-order valence-corrected chi connectivity index (χ3v) is 1.08. The van der Waals surface area contributed by atoms with Crippen molar-refractivity contribution in [1.29, 1.82) is 0 Å². The van der Waals surface area contributed by atoms with Crippen molar-refractivity contribution in [3.8, 4) is 0 Å². The topological polar surface area (TPSA) is 86.2 Å². The predicted molar refractivity (Wildman–Crippen MR) is 34.5 cm³/mol. The van der Waals surface area contributed by atoms with E-state index in [4.69, 9.17) is 11.5 Å². The molecule has 6 heteroatoms. The summed E-state index contributed by atoms with van der Waals surface area (Å²) in [5, 5.41) is 0. The van der Waals surface area contributed by atoms with Gasteiger partial charge in [0.1, 0.15) is 10.7 Å². The Hall–Kier alpha value is 0.870. The van der Waals surface area contributed by atoms with E-state index in [1.807, 2.05) is 0 Å². The Labute approximate surface area is 71.9 Å². The summed E-state index contributed by atoms with van der Waals surface area (Å²) in [4.78, 5) is 0. The molecule has 4 N–H and O–H groups in total. The molecule has 8 heavy (non-hydrogen) atoms. The van der Waals surface area contributed by atoms with Crippen LogP contribution in [0.2, 0.25) is 0 Å². The van der Waals surface area contributed by atoms with Gasteiger partial charge in [0.15, 0.2) is 0 Å². The molecule has 0 saturated heterocycles. The van der Waals surface area contributed by atoms with E-state index in [9.17, 15) is 8.42 Å². The molecule has 4 nitrogen and oxygen atoms in total. The first-order valence-corrected chi connectivity index (χ1v) is 3.12. The van der Waals surface area contributed by atoms with Crippen LogP contribution in [0.5, 0.6) is 0 Å². The first-order chi connectivity index (χ1) is 3.13. The van der Waals surface area contributed by atoms with Crippen molar-refractivity contribution in [3.05, 3.63) is 0 Å². The van der Waals surface area contributed by atoms with E-state index in [-0.39, 0.29) is 35.3 Å². The molecule has 0 unspecified atom stereocenters. The van der Waals surface area contributed by atoms with E-state index in [0.717, 1.165) is 0 Å². The van der Waals surface area contributed by atoms with Crippen LogP contribution in [0.3, 0.4) is 0 Å². The van der Waals surface area contributed by atoms with Crippen LogP contribution in [0.4, 0.5) is 0 Å². The molecule has 0 aliphatic rings. The Balaban J connectivity index is 0. The van der Waals surface area contributed by atoms with Crippen LogP contribution in [0, 0.1) is 0 Å². The van der Waals surface area contributed by atoms with Crippen molar-refractivity contribution in [2.45, 2.75) is 6.17 Å². The van der Waals surface area contributed by atoms with Gasteiger partial charge in [0.2, 0.25) is 0 Å². The zero-order chi connectivity index (χ0) is 5.86. The summed E-state index contributed by atoms with van der Waals surface area (Å²) in [6.45, 7) is 0. The van der Waals surface area contributed by atoms with E-state index in [2.05, 4.69) is 0 Å². The maximum atomic E-state index is 9.69. The van der Waals surface area contributed by atoms with Crippen molar-refractivity contribution < 1.29 is 8.42 Å². The summed E-state index contributed by atoms with van der Waals surface area (Å²) < 4.78 is 19.4. The number of thiol groups is 1. The van der Waals surface area contributed by atoms with Gasteiger partial charge in [-0.15, -0.1) is 0 Å². The molecule has 0 aromatic carbocycles. The Bertz CT molecular complexity index is 105. The fraction of sp³-hybridized carbons (Fsp3) is 1.00. The molecule has 0 radical (unpaired) electrons. The average Bonchev–Trinajstić information content (AvgIpc) is 1.27. The van der Waals surface area contributed by atoms with Crippen molar-refractivity contribution >= 4 is 40.3 Å². The Kier molecular flexibility index (Phi) is 8.73. The summed E-state index contributed by atoms with van der Waals surface area (Å²) in [6, 6.07) is 0. The summed E-state index contributed by atoms with van der Waals surface area (Å²) in [5.41, 5.74) is 9.77. The van der Waals surface area contributed by atoms with Gasteiger partial charge in [-0.05, 0) is 0 Å². The molecule has 0 heterocycles. The monoisotopic (exact) mass is 148 g/mol. The SMILES string of the molecule is NC(N)C[SH](=O)=O.[NaH]. The van der Waals surface area contributed by atoms with E-state index < -0.39 is 16.9 Å². The zero-order valence-corrected chi connectivity index (χ0v) is 4.60. The molecule has 0 amide bonds. The van der Waals surface area contributed by atoms with Gasteiger partial charge in [0.25, 0.3) is 0 Å². The number of nitrogens with two attached hydrogens (primary N) is 2. The molecule has 0 aromatic heterocycles.